The third-order valence-electron chi connectivity index (χ3n) is 0.971. The second-order valence-corrected chi connectivity index (χ2v) is 1.43. The van der Waals surface area contributed by atoms with Crippen molar-refractivity contribution in [1.29, 1.82) is 0 Å². The van der Waals surface area contributed by atoms with Crippen molar-refractivity contribution in [1.82, 2.24) is 5.32 Å². The zero-order valence-electron chi connectivity index (χ0n) is 5.27. The molecule has 0 amide bonds. The molecule has 0 heterocycles. The number of allylic oxidation sites excluding steroid dienone is 2. The Morgan fingerprint density at radius 2 is 2.38 bits per heavy atom. The van der Waals surface area contributed by atoms with Crippen molar-refractivity contribution in [3.8, 4) is 0 Å². The van der Waals surface area contributed by atoms with E-state index in [4.69, 9.17) is 0 Å². The monoisotopic (exact) mass is 113 g/mol. The summed E-state index contributed by atoms with van der Waals surface area (Å²) in [7, 11) is 1.80. The fourth-order valence-corrected chi connectivity index (χ4v) is 0.460. The van der Waals surface area contributed by atoms with Crippen LogP contribution in [0.4, 0.5) is 0 Å². The zero-order valence-corrected chi connectivity index (χ0v) is 5.27. The Morgan fingerprint density at radius 3 is 2.50 bits per heavy atom. The SMILES string of the molecule is CCC(=CC=O)NC. The summed E-state index contributed by atoms with van der Waals surface area (Å²) in [6, 6.07) is 0. The Balaban J connectivity index is 3.66. The molecule has 0 saturated carbocycles. The van der Waals surface area contributed by atoms with Gasteiger partial charge in [0.15, 0.2) is 0 Å². The second kappa shape index (κ2) is 4.37. The van der Waals surface area contributed by atoms with Crippen molar-refractivity contribution < 1.29 is 4.79 Å². The standard InChI is InChI=1S/C6H11NO/c1-3-6(7-2)4-5-8/h4-5,7H,3H2,1-2H3. The van der Waals surface area contributed by atoms with Crippen molar-refractivity contribution >= 4 is 6.29 Å². The van der Waals surface area contributed by atoms with E-state index >= 15 is 0 Å². The van der Waals surface area contributed by atoms with Crippen LogP contribution in [-0.2, 0) is 4.79 Å². The molecular weight excluding hydrogens is 102 g/mol. The highest BCUT2D eigenvalue weighted by Crippen LogP contribution is 1.89. The Bertz CT molecular complexity index is 90.7. The quantitative estimate of drug-likeness (QED) is 0.431. The highest BCUT2D eigenvalue weighted by molar-refractivity contribution is 5.65. The van der Waals surface area contributed by atoms with Crippen molar-refractivity contribution in [2.75, 3.05) is 7.05 Å². The summed E-state index contributed by atoms with van der Waals surface area (Å²) in [6.45, 7) is 1.99. The van der Waals surface area contributed by atoms with E-state index in [2.05, 4.69) is 5.32 Å². The number of rotatable bonds is 3. The first kappa shape index (κ1) is 7.21. The molecule has 0 fully saturated rings. The minimum absolute atomic E-state index is 0.787. The second-order valence-electron chi connectivity index (χ2n) is 1.43. The van der Waals surface area contributed by atoms with Crippen LogP contribution in [-0.4, -0.2) is 13.3 Å². The van der Waals surface area contributed by atoms with Gasteiger partial charge in [-0.15, -0.1) is 0 Å². The number of carbonyl (C=O) groups is 1. The van der Waals surface area contributed by atoms with Gasteiger partial charge in [0.2, 0.25) is 0 Å². The van der Waals surface area contributed by atoms with Gasteiger partial charge in [-0.2, -0.15) is 0 Å². The summed E-state index contributed by atoms with van der Waals surface area (Å²) in [5.74, 6) is 0. The minimum Gasteiger partial charge on any atom is -0.391 e. The number of nitrogens with one attached hydrogen (secondary N) is 1. The Hall–Kier alpha value is -0.790. The molecule has 0 aliphatic carbocycles. The summed E-state index contributed by atoms with van der Waals surface area (Å²) >= 11 is 0. The van der Waals surface area contributed by atoms with Crippen LogP contribution >= 0.6 is 0 Å². The molecule has 0 aliphatic rings. The molecule has 0 bridgehead atoms. The molecule has 0 atom stereocenters. The molecule has 0 aliphatic heterocycles. The molecule has 1 N–H and O–H groups in total. The number of hydrogen-bond acceptors (Lipinski definition) is 2. The van der Waals surface area contributed by atoms with E-state index in [9.17, 15) is 4.79 Å². The van der Waals surface area contributed by atoms with Crippen LogP contribution in [0.2, 0.25) is 0 Å². The molecule has 2 heteroatoms. The molecule has 0 spiro atoms. The lowest BCUT2D eigenvalue weighted by Crippen LogP contribution is -2.04. The summed E-state index contributed by atoms with van der Waals surface area (Å²) in [6.07, 6.45) is 3.20. The van der Waals surface area contributed by atoms with Gasteiger partial charge in [0.05, 0.1) is 0 Å². The molecule has 0 unspecified atom stereocenters. The maximum absolute atomic E-state index is 9.82. The lowest BCUT2D eigenvalue weighted by molar-refractivity contribution is -0.104. The highest BCUT2D eigenvalue weighted by Gasteiger charge is 1.83. The molecule has 0 aromatic heterocycles. The van der Waals surface area contributed by atoms with E-state index in [1.807, 2.05) is 6.92 Å². The normalized spacial score (nSPS) is 11.0. The van der Waals surface area contributed by atoms with Crippen molar-refractivity contribution in [3.63, 3.8) is 0 Å². The van der Waals surface area contributed by atoms with E-state index in [0.29, 0.717) is 0 Å². The van der Waals surface area contributed by atoms with Crippen molar-refractivity contribution in [3.05, 3.63) is 11.8 Å². The first-order chi connectivity index (χ1) is 3.85. The van der Waals surface area contributed by atoms with Gasteiger partial charge in [-0.05, 0) is 12.5 Å². The first-order valence-electron chi connectivity index (χ1n) is 2.67. The van der Waals surface area contributed by atoms with E-state index in [0.717, 1.165) is 18.4 Å². The van der Waals surface area contributed by atoms with Gasteiger partial charge in [-0.1, -0.05) is 6.92 Å². The van der Waals surface area contributed by atoms with Crippen LogP contribution in [0.5, 0.6) is 0 Å². The molecule has 0 aromatic carbocycles. The first-order valence-corrected chi connectivity index (χ1v) is 2.67. The Morgan fingerprint density at radius 1 is 1.75 bits per heavy atom. The van der Waals surface area contributed by atoms with Gasteiger partial charge in [0.1, 0.15) is 6.29 Å². The lowest BCUT2D eigenvalue weighted by atomic mass is 10.3. The zero-order chi connectivity index (χ0) is 6.41. The van der Waals surface area contributed by atoms with Crippen LogP contribution in [0.25, 0.3) is 0 Å². The topological polar surface area (TPSA) is 29.1 Å². The van der Waals surface area contributed by atoms with Gasteiger partial charge in [0.25, 0.3) is 0 Å². The Labute approximate surface area is 49.6 Å². The van der Waals surface area contributed by atoms with Crippen LogP contribution < -0.4 is 5.32 Å². The Kier molecular flexibility index (Phi) is 3.94. The maximum Gasteiger partial charge on any atom is 0.144 e. The van der Waals surface area contributed by atoms with Crippen LogP contribution in [0.1, 0.15) is 13.3 Å². The van der Waals surface area contributed by atoms with E-state index in [1.54, 1.807) is 7.05 Å². The third kappa shape index (κ3) is 2.39. The third-order valence-corrected chi connectivity index (χ3v) is 0.971. The summed E-state index contributed by atoms with van der Waals surface area (Å²) in [5, 5.41) is 2.88. The number of carbonyl (C=O) groups excluding carboxylic acids is 1. The molecule has 8 heavy (non-hydrogen) atoms. The molecule has 0 rings (SSSR count). The van der Waals surface area contributed by atoms with Crippen molar-refractivity contribution in [2.45, 2.75) is 13.3 Å². The highest BCUT2D eigenvalue weighted by atomic mass is 16.1. The van der Waals surface area contributed by atoms with E-state index in [1.165, 1.54) is 6.08 Å². The number of hydrogen-bond donors (Lipinski definition) is 1. The average molecular weight is 113 g/mol. The van der Waals surface area contributed by atoms with Gasteiger partial charge in [-0.25, -0.2) is 0 Å². The maximum atomic E-state index is 9.82. The molecule has 0 radical (unpaired) electrons. The van der Waals surface area contributed by atoms with Gasteiger partial charge in [-0.3, -0.25) is 4.79 Å². The van der Waals surface area contributed by atoms with Crippen LogP contribution in [0, 0.1) is 0 Å². The van der Waals surface area contributed by atoms with Gasteiger partial charge >= 0.3 is 0 Å². The van der Waals surface area contributed by atoms with Crippen LogP contribution in [0.3, 0.4) is 0 Å². The molecular formula is C6H11NO. The fraction of sp³-hybridized carbons (Fsp3) is 0.500. The van der Waals surface area contributed by atoms with Crippen molar-refractivity contribution in [2.24, 2.45) is 0 Å². The summed E-state index contributed by atoms with van der Waals surface area (Å²) < 4.78 is 0. The lowest BCUT2D eigenvalue weighted by Gasteiger charge is -1.97. The van der Waals surface area contributed by atoms with Gasteiger partial charge in [0, 0.05) is 12.7 Å². The number of aldehydes is 1. The van der Waals surface area contributed by atoms with E-state index in [-0.39, 0.29) is 0 Å². The summed E-state index contributed by atoms with van der Waals surface area (Å²) in [5.41, 5.74) is 0.972. The summed E-state index contributed by atoms with van der Waals surface area (Å²) in [4.78, 5) is 9.82. The molecule has 0 aromatic rings. The predicted octanol–water partition coefficient (Wildman–Crippen LogP) is 0.699. The van der Waals surface area contributed by atoms with Crippen LogP contribution in [0.15, 0.2) is 11.8 Å². The minimum atomic E-state index is 0.787. The predicted molar refractivity (Wildman–Crippen MR) is 33.5 cm³/mol. The molecule has 2 nitrogen and oxygen atoms in total. The van der Waals surface area contributed by atoms with E-state index < -0.39 is 0 Å². The smallest absolute Gasteiger partial charge is 0.144 e. The average Bonchev–Trinajstić information content (AvgIpc) is 1.83. The fourth-order valence-electron chi connectivity index (χ4n) is 0.460. The molecule has 0 saturated heterocycles. The molecule has 46 valence electrons. The van der Waals surface area contributed by atoms with Gasteiger partial charge < -0.3 is 5.32 Å². The largest absolute Gasteiger partial charge is 0.391 e.